The number of hydrogen-bond acceptors (Lipinski definition) is 1. The first kappa shape index (κ1) is 10.7. The molecule has 0 aliphatic carbocycles. The van der Waals surface area contributed by atoms with E-state index in [4.69, 9.17) is 0 Å². The summed E-state index contributed by atoms with van der Waals surface area (Å²) in [6.45, 7) is 6.29. The van der Waals surface area contributed by atoms with Gasteiger partial charge in [0, 0.05) is 9.89 Å². The summed E-state index contributed by atoms with van der Waals surface area (Å²) in [7, 11) is 0. The fourth-order valence-corrected chi connectivity index (χ4v) is 2.03. The van der Waals surface area contributed by atoms with Gasteiger partial charge in [-0.05, 0) is 18.6 Å². The second kappa shape index (κ2) is 3.81. The van der Waals surface area contributed by atoms with Crippen LogP contribution in [-0.2, 0) is 5.41 Å². The largest absolute Gasteiger partial charge is 0.395 e. The lowest BCUT2D eigenvalue weighted by molar-refractivity contribution is 0.218. The third-order valence-corrected chi connectivity index (χ3v) is 2.94. The molecule has 72 valence electrons. The Morgan fingerprint density at radius 2 is 2.00 bits per heavy atom. The Balaban J connectivity index is 3.20. The van der Waals surface area contributed by atoms with Gasteiger partial charge in [0.2, 0.25) is 0 Å². The van der Waals surface area contributed by atoms with Crippen LogP contribution in [0.3, 0.4) is 0 Å². The van der Waals surface area contributed by atoms with Crippen LogP contribution in [0, 0.1) is 6.92 Å². The molecule has 13 heavy (non-hydrogen) atoms. The van der Waals surface area contributed by atoms with Crippen LogP contribution in [0.25, 0.3) is 0 Å². The molecule has 0 saturated carbocycles. The molecule has 0 saturated heterocycles. The Bertz CT molecular complexity index is 305. The molecule has 0 aliphatic rings. The molecule has 0 bridgehead atoms. The van der Waals surface area contributed by atoms with Gasteiger partial charge in [0.25, 0.3) is 0 Å². The Labute approximate surface area is 87.9 Å². The topological polar surface area (TPSA) is 20.2 Å². The van der Waals surface area contributed by atoms with Crippen LogP contribution in [0.5, 0.6) is 0 Å². The SMILES string of the molecule is Cc1ccc(Br)c(C(C)(C)CO)c1. The number of rotatable bonds is 2. The number of aryl methyl sites for hydroxylation is 1. The predicted molar refractivity (Wildman–Crippen MR) is 59.0 cm³/mol. The highest BCUT2D eigenvalue weighted by atomic mass is 79.9. The van der Waals surface area contributed by atoms with Crippen molar-refractivity contribution in [2.75, 3.05) is 6.61 Å². The molecule has 0 heterocycles. The van der Waals surface area contributed by atoms with E-state index in [0.29, 0.717) is 0 Å². The maximum Gasteiger partial charge on any atom is 0.0523 e. The number of halogens is 1. The fraction of sp³-hybridized carbons (Fsp3) is 0.455. The highest BCUT2D eigenvalue weighted by molar-refractivity contribution is 9.10. The van der Waals surface area contributed by atoms with Crippen LogP contribution in [0.15, 0.2) is 22.7 Å². The van der Waals surface area contributed by atoms with Crippen LogP contribution in [0.2, 0.25) is 0 Å². The lowest BCUT2D eigenvalue weighted by atomic mass is 9.85. The summed E-state index contributed by atoms with van der Waals surface area (Å²) in [5, 5.41) is 9.24. The molecule has 1 rings (SSSR count). The molecule has 2 heteroatoms. The van der Waals surface area contributed by atoms with E-state index < -0.39 is 0 Å². The zero-order chi connectivity index (χ0) is 10.1. The van der Waals surface area contributed by atoms with E-state index >= 15 is 0 Å². The van der Waals surface area contributed by atoms with Crippen molar-refractivity contribution in [1.82, 2.24) is 0 Å². The second-order valence-corrected chi connectivity index (χ2v) is 4.88. The fourth-order valence-electron chi connectivity index (χ4n) is 1.24. The molecular weight excluding hydrogens is 228 g/mol. The van der Waals surface area contributed by atoms with Gasteiger partial charge in [-0.3, -0.25) is 0 Å². The quantitative estimate of drug-likeness (QED) is 0.846. The lowest BCUT2D eigenvalue weighted by Gasteiger charge is -2.24. The van der Waals surface area contributed by atoms with E-state index in [1.54, 1.807) is 0 Å². The van der Waals surface area contributed by atoms with Gasteiger partial charge in [0.15, 0.2) is 0 Å². The average Bonchev–Trinajstić information content (AvgIpc) is 2.09. The number of aliphatic hydroxyl groups excluding tert-OH is 1. The molecule has 0 amide bonds. The van der Waals surface area contributed by atoms with Crippen LogP contribution >= 0.6 is 15.9 Å². The van der Waals surface area contributed by atoms with Crippen molar-refractivity contribution in [3.63, 3.8) is 0 Å². The van der Waals surface area contributed by atoms with Gasteiger partial charge < -0.3 is 5.11 Å². The van der Waals surface area contributed by atoms with Gasteiger partial charge in [-0.2, -0.15) is 0 Å². The van der Waals surface area contributed by atoms with Crippen molar-refractivity contribution in [2.24, 2.45) is 0 Å². The van der Waals surface area contributed by atoms with Gasteiger partial charge in [-0.25, -0.2) is 0 Å². The minimum absolute atomic E-state index is 0.162. The molecule has 1 nitrogen and oxygen atoms in total. The molecule has 0 unspecified atom stereocenters. The lowest BCUT2D eigenvalue weighted by Crippen LogP contribution is -2.22. The molecule has 0 fully saturated rings. The molecular formula is C11H15BrO. The summed E-state index contributed by atoms with van der Waals surface area (Å²) in [6.07, 6.45) is 0. The minimum atomic E-state index is -0.176. The van der Waals surface area contributed by atoms with E-state index in [1.165, 1.54) is 5.56 Å². The van der Waals surface area contributed by atoms with Crippen molar-refractivity contribution in [3.8, 4) is 0 Å². The third kappa shape index (κ3) is 2.32. The van der Waals surface area contributed by atoms with Gasteiger partial charge >= 0.3 is 0 Å². The summed E-state index contributed by atoms with van der Waals surface area (Å²) in [5.74, 6) is 0. The Kier molecular flexibility index (Phi) is 3.14. The maximum atomic E-state index is 9.24. The van der Waals surface area contributed by atoms with E-state index in [1.807, 2.05) is 19.9 Å². The highest BCUT2D eigenvalue weighted by Gasteiger charge is 2.21. The monoisotopic (exact) mass is 242 g/mol. The first-order valence-electron chi connectivity index (χ1n) is 4.35. The van der Waals surface area contributed by atoms with Crippen LogP contribution in [0.4, 0.5) is 0 Å². The summed E-state index contributed by atoms with van der Waals surface area (Å²) >= 11 is 3.50. The normalized spacial score (nSPS) is 11.8. The van der Waals surface area contributed by atoms with Gasteiger partial charge in [0.05, 0.1) is 6.61 Å². The summed E-state index contributed by atoms with van der Waals surface area (Å²) in [6, 6.07) is 6.20. The standard InChI is InChI=1S/C11H15BrO/c1-8-4-5-10(12)9(6-8)11(2,3)7-13/h4-6,13H,7H2,1-3H3. The molecule has 0 aromatic heterocycles. The van der Waals surface area contributed by atoms with Crippen molar-refractivity contribution >= 4 is 15.9 Å². The van der Waals surface area contributed by atoms with Crippen molar-refractivity contribution < 1.29 is 5.11 Å². The maximum absolute atomic E-state index is 9.24. The number of aliphatic hydroxyl groups is 1. The van der Waals surface area contributed by atoms with E-state index in [-0.39, 0.29) is 12.0 Å². The zero-order valence-corrected chi connectivity index (χ0v) is 9.85. The summed E-state index contributed by atoms with van der Waals surface area (Å²) < 4.78 is 1.07. The molecule has 1 N–H and O–H groups in total. The van der Waals surface area contributed by atoms with Crippen LogP contribution < -0.4 is 0 Å². The van der Waals surface area contributed by atoms with Gasteiger partial charge in [0.1, 0.15) is 0 Å². The summed E-state index contributed by atoms with van der Waals surface area (Å²) in [5.41, 5.74) is 2.21. The molecule has 1 aromatic rings. The third-order valence-electron chi connectivity index (χ3n) is 2.25. The van der Waals surface area contributed by atoms with Crippen LogP contribution in [0.1, 0.15) is 25.0 Å². The Morgan fingerprint density at radius 3 is 2.54 bits per heavy atom. The number of benzene rings is 1. The number of hydrogen-bond donors (Lipinski definition) is 1. The van der Waals surface area contributed by atoms with E-state index in [0.717, 1.165) is 10.0 Å². The molecule has 0 aliphatic heterocycles. The first-order valence-corrected chi connectivity index (χ1v) is 5.14. The van der Waals surface area contributed by atoms with Gasteiger partial charge in [-0.15, -0.1) is 0 Å². The van der Waals surface area contributed by atoms with Crippen molar-refractivity contribution in [2.45, 2.75) is 26.2 Å². The molecule has 0 spiro atoms. The minimum Gasteiger partial charge on any atom is -0.395 e. The van der Waals surface area contributed by atoms with Crippen molar-refractivity contribution in [1.29, 1.82) is 0 Å². The van der Waals surface area contributed by atoms with Gasteiger partial charge in [-0.1, -0.05) is 47.5 Å². The average molecular weight is 243 g/mol. The molecule has 0 atom stereocenters. The first-order chi connectivity index (χ1) is 5.97. The van der Waals surface area contributed by atoms with Crippen molar-refractivity contribution in [3.05, 3.63) is 33.8 Å². The Morgan fingerprint density at radius 1 is 1.38 bits per heavy atom. The second-order valence-electron chi connectivity index (χ2n) is 4.03. The summed E-state index contributed by atoms with van der Waals surface area (Å²) in [4.78, 5) is 0. The van der Waals surface area contributed by atoms with Crippen LogP contribution in [-0.4, -0.2) is 11.7 Å². The molecule has 1 aromatic carbocycles. The predicted octanol–water partition coefficient (Wildman–Crippen LogP) is 3.03. The smallest absolute Gasteiger partial charge is 0.0523 e. The molecule has 0 radical (unpaired) electrons. The highest BCUT2D eigenvalue weighted by Crippen LogP contribution is 2.30. The Hall–Kier alpha value is -0.340. The van der Waals surface area contributed by atoms with E-state index in [2.05, 4.69) is 35.0 Å². The van der Waals surface area contributed by atoms with E-state index in [9.17, 15) is 5.11 Å². The zero-order valence-electron chi connectivity index (χ0n) is 8.26.